The number of hydrogen-bond donors (Lipinski definition) is 1. The van der Waals surface area contributed by atoms with Crippen molar-refractivity contribution in [3.8, 4) is 0 Å². The van der Waals surface area contributed by atoms with Gasteiger partial charge in [0.25, 0.3) is 0 Å². The number of amides is 1. The molecule has 1 amide bonds. The van der Waals surface area contributed by atoms with E-state index in [1.165, 1.54) is 6.07 Å². The van der Waals surface area contributed by atoms with Gasteiger partial charge in [0, 0.05) is 6.42 Å². The first-order valence-electron chi connectivity index (χ1n) is 6.66. The smallest absolute Gasteiger partial charge is 0.350 e. The van der Waals surface area contributed by atoms with Crippen molar-refractivity contribution >= 4 is 5.91 Å². The van der Waals surface area contributed by atoms with Crippen LogP contribution >= 0.6 is 0 Å². The van der Waals surface area contributed by atoms with Gasteiger partial charge in [0.2, 0.25) is 5.91 Å². The third kappa shape index (κ3) is 5.23. The van der Waals surface area contributed by atoms with Crippen LogP contribution in [0.3, 0.4) is 0 Å². The molecule has 0 aliphatic rings. The Bertz CT molecular complexity index is 455. The molecule has 1 atom stereocenters. The first kappa shape index (κ1) is 16.5. The summed E-state index contributed by atoms with van der Waals surface area (Å²) >= 11 is 0. The quantitative estimate of drug-likeness (QED) is 0.858. The van der Waals surface area contributed by atoms with Crippen LogP contribution in [-0.4, -0.2) is 5.91 Å². The SMILES string of the molecule is CC(C)CCC(=O)NC(C)c1cccc(C(F)(F)F)c1. The molecule has 1 aromatic rings. The van der Waals surface area contributed by atoms with E-state index in [2.05, 4.69) is 5.32 Å². The molecule has 0 aromatic heterocycles. The van der Waals surface area contributed by atoms with Gasteiger partial charge in [-0.1, -0.05) is 26.0 Å². The van der Waals surface area contributed by atoms with Crippen molar-refractivity contribution in [3.05, 3.63) is 35.4 Å². The molecular weight excluding hydrogens is 267 g/mol. The number of carbonyl (C=O) groups excluding carboxylic acids is 1. The maximum atomic E-state index is 12.6. The molecule has 1 N–H and O–H groups in total. The molecule has 0 heterocycles. The highest BCUT2D eigenvalue weighted by Gasteiger charge is 2.30. The van der Waals surface area contributed by atoms with E-state index in [0.29, 0.717) is 17.9 Å². The highest BCUT2D eigenvalue weighted by molar-refractivity contribution is 5.76. The van der Waals surface area contributed by atoms with Gasteiger partial charge in [0.15, 0.2) is 0 Å². The van der Waals surface area contributed by atoms with Gasteiger partial charge in [-0.05, 0) is 37.0 Å². The normalized spacial score (nSPS) is 13.3. The average Bonchev–Trinajstić information content (AvgIpc) is 2.35. The van der Waals surface area contributed by atoms with Crippen LogP contribution < -0.4 is 5.32 Å². The second-order valence-electron chi connectivity index (χ2n) is 5.34. The van der Waals surface area contributed by atoms with Gasteiger partial charge in [0.05, 0.1) is 11.6 Å². The summed E-state index contributed by atoms with van der Waals surface area (Å²) in [6.45, 7) is 5.72. The average molecular weight is 287 g/mol. The van der Waals surface area contributed by atoms with Crippen LogP contribution in [0.4, 0.5) is 13.2 Å². The first-order chi connectivity index (χ1) is 9.20. The predicted molar refractivity (Wildman–Crippen MR) is 72.1 cm³/mol. The Kier molecular flexibility index (Phi) is 5.60. The number of benzene rings is 1. The lowest BCUT2D eigenvalue weighted by molar-refractivity contribution is -0.137. The summed E-state index contributed by atoms with van der Waals surface area (Å²) in [5.41, 5.74) is -0.240. The lowest BCUT2D eigenvalue weighted by Crippen LogP contribution is -2.26. The van der Waals surface area contributed by atoms with Gasteiger partial charge >= 0.3 is 6.18 Å². The molecule has 0 saturated heterocycles. The van der Waals surface area contributed by atoms with E-state index in [4.69, 9.17) is 0 Å². The number of hydrogen-bond acceptors (Lipinski definition) is 1. The van der Waals surface area contributed by atoms with E-state index < -0.39 is 17.8 Å². The number of rotatable bonds is 5. The zero-order valence-corrected chi connectivity index (χ0v) is 11.9. The van der Waals surface area contributed by atoms with Gasteiger partial charge in [-0.3, -0.25) is 4.79 Å². The molecule has 112 valence electrons. The molecule has 1 aromatic carbocycles. The minimum Gasteiger partial charge on any atom is -0.350 e. The van der Waals surface area contributed by atoms with Crippen LogP contribution in [0.2, 0.25) is 0 Å². The van der Waals surface area contributed by atoms with Gasteiger partial charge in [-0.25, -0.2) is 0 Å². The minimum absolute atomic E-state index is 0.136. The molecule has 0 radical (unpaired) electrons. The molecule has 20 heavy (non-hydrogen) atoms. The number of carbonyl (C=O) groups is 1. The van der Waals surface area contributed by atoms with Crippen molar-refractivity contribution in [2.75, 3.05) is 0 Å². The molecule has 2 nitrogen and oxygen atoms in total. The molecule has 1 unspecified atom stereocenters. The third-order valence-electron chi connectivity index (χ3n) is 3.04. The first-order valence-corrected chi connectivity index (χ1v) is 6.66. The van der Waals surface area contributed by atoms with E-state index in [1.54, 1.807) is 13.0 Å². The Morgan fingerprint density at radius 2 is 1.90 bits per heavy atom. The van der Waals surface area contributed by atoms with Gasteiger partial charge in [0.1, 0.15) is 0 Å². The second-order valence-corrected chi connectivity index (χ2v) is 5.34. The van der Waals surface area contributed by atoms with Crippen molar-refractivity contribution in [2.45, 2.75) is 45.8 Å². The number of alkyl halides is 3. The Morgan fingerprint density at radius 3 is 2.45 bits per heavy atom. The van der Waals surface area contributed by atoms with Crippen LogP contribution in [0.15, 0.2) is 24.3 Å². The monoisotopic (exact) mass is 287 g/mol. The topological polar surface area (TPSA) is 29.1 Å². The van der Waals surface area contributed by atoms with Crippen LogP contribution in [0.1, 0.15) is 50.8 Å². The summed E-state index contributed by atoms with van der Waals surface area (Å²) in [6.07, 6.45) is -3.21. The van der Waals surface area contributed by atoms with Crippen LogP contribution in [0.5, 0.6) is 0 Å². The molecule has 0 aliphatic heterocycles. The Hall–Kier alpha value is -1.52. The Morgan fingerprint density at radius 1 is 1.25 bits per heavy atom. The van der Waals surface area contributed by atoms with Crippen molar-refractivity contribution in [2.24, 2.45) is 5.92 Å². The molecule has 0 aliphatic carbocycles. The van der Waals surface area contributed by atoms with Gasteiger partial charge < -0.3 is 5.32 Å². The van der Waals surface area contributed by atoms with Crippen molar-refractivity contribution in [3.63, 3.8) is 0 Å². The largest absolute Gasteiger partial charge is 0.416 e. The number of nitrogens with one attached hydrogen (secondary N) is 1. The summed E-state index contributed by atoms with van der Waals surface area (Å²) in [4.78, 5) is 11.7. The summed E-state index contributed by atoms with van der Waals surface area (Å²) in [5.74, 6) is 0.285. The molecule has 1 rings (SSSR count). The lowest BCUT2D eigenvalue weighted by atomic mass is 10.0. The van der Waals surface area contributed by atoms with Crippen molar-refractivity contribution < 1.29 is 18.0 Å². The van der Waals surface area contributed by atoms with Gasteiger partial charge in [-0.2, -0.15) is 13.2 Å². The zero-order chi connectivity index (χ0) is 15.3. The summed E-state index contributed by atoms with van der Waals surface area (Å²) in [6, 6.07) is 4.61. The predicted octanol–water partition coefficient (Wildman–Crippen LogP) is 4.32. The summed E-state index contributed by atoms with van der Waals surface area (Å²) < 4.78 is 37.8. The van der Waals surface area contributed by atoms with E-state index in [0.717, 1.165) is 18.6 Å². The Labute approximate surface area is 117 Å². The summed E-state index contributed by atoms with van der Waals surface area (Å²) in [7, 11) is 0. The van der Waals surface area contributed by atoms with E-state index in [9.17, 15) is 18.0 Å². The molecule has 0 bridgehead atoms. The van der Waals surface area contributed by atoms with E-state index in [-0.39, 0.29) is 5.91 Å². The molecule has 0 spiro atoms. The maximum Gasteiger partial charge on any atom is 0.416 e. The molecular formula is C15H20F3NO. The van der Waals surface area contributed by atoms with Crippen molar-refractivity contribution in [1.29, 1.82) is 0 Å². The van der Waals surface area contributed by atoms with Gasteiger partial charge in [-0.15, -0.1) is 0 Å². The second kappa shape index (κ2) is 6.77. The highest BCUT2D eigenvalue weighted by atomic mass is 19.4. The standard InChI is InChI=1S/C15H20F3NO/c1-10(2)7-8-14(20)19-11(3)12-5-4-6-13(9-12)15(16,17)18/h4-6,9-11H,7-8H2,1-3H3,(H,19,20). The summed E-state index contributed by atoms with van der Waals surface area (Å²) in [5, 5.41) is 2.72. The fourth-order valence-electron chi connectivity index (χ4n) is 1.80. The maximum absolute atomic E-state index is 12.6. The number of halogens is 3. The molecule has 0 fully saturated rings. The lowest BCUT2D eigenvalue weighted by Gasteiger charge is -2.16. The van der Waals surface area contributed by atoms with Crippen LogP contribution in [0.25, 0.3) is 0 Å². The van der Waals surface area contributed by atoms with Crippen LogP contribution in [-0.2, 0) is 11.0 Å². The fraction of sp³-hybridized carbons (Fsp3) is 0.533. The molecule has 5 heteroatoms. The molecule has 0 saturated carbocycles. The van der Waals surface area contributed by atoms with Crippen LogP contribution in [0, 0.1) is 5.92 Å². The zero-order valence-electron chi connectivity index (χ0n) is 11.9. The van der Waals surface area contributed by atoms with E-state index >= 15 is 0 Å². The highest BCUT2D eigenvalue weighted by Crippen LogP contribution is 2.30. The van der Waals surface area contributed by atoms with E-state index in [1.807, 2.05) is 13.8 Å². The minimum atomic E-state index is -4.36. The van der Waals surface area contributed by atoms with Crippen molar-refractivity contribution in [1.82, 2.24) is 5.32 Å². The Balaban J connectivity index is 2.68. The fourth-order valence-corrected chi connectivity index (χ4v) is 1.80. The third-order valence-corrected chi connectivity index (χ3v) is 3.04.